The molecule has 0 spiro atoms. The molecule has 0 aliphatic heterocycles. The van der Waals surface area contributed by atoms with Gasteiger partial charge in [0.2, 0.25) is 5.78 Å². The van der Waals surface area contributed by atoms with E-state index in [9.17, 15) is 9.59 Å². The Labute approximate surface area is 138 Å². The number of carbonyl (C=O) groups is 2. The molecule has 0 radical (unpaired) electrons. The lowest BCUT2D eigenvalue weighted by Gasteiger charge is -1.99. The van der Waals surface area contributed by atoms with Gasteiger partial charge in [-0.3, -0.25) is 9.59 Å². The summed E-state index contributed by atoms with van der Waals surface area (Å²) >= 11 is 0. The Kier molecular flexibility index (Phi) is 8.30. The van der Waals surface area contributed by atoms with Crippen LogP contribution in [0.25, 0.3) is 6.08 Å². The number of rotatable bonds is 5. The van der Waals surface area contributed by atoms with E-state index < -0.39 is 11.6 Å². The van der Waals surface area contributed by atoms with Crippen LogP contribution in [0.1, 0.15) is 48.2 Å². The highest BCUT2D eigenvalue weighted by atomic mass is 16.2. The van der Waals surface area contributed by atoms with Gasteiger partial charge >= 0.3 is 0 Å². The van der Waals surface area contributed by atoms with Gasteiger partial charge in [-0.1, -0.05) is 80.1 Å². The topological polar surface area (TPSA) is 34.1 Å². The minimum absolute atomic E-state index is 0.409. The number of carbonyl (C=O) groups excluding carboxylic acids is 2. The molecule has 0 amide bonds. The maximum atomic E-state index is 11.2. The monoisotopic (exact) mass is 308 g/mol. The molecular weight excluding hydrogens is 284 g/mol. The number of unbranched alkanes of at least 4 members (excludes halogenated alkanes) is 1. The Morgan fingerprint density at radius 3 is 2.13 bits per heavy atom. The van der Waals surface area contributed by atoms with E-state index >= 15 is 0 Å². The predicted molar refractivity (Wildman–Crippen MR) is 96.6 cm³/mol. The lowest BCUT2D eigenvalue weighted by Crippen LogP contribution is -2.10. The fourth-order valence-electron chi connectivity index (χ4n) is 1.97. The molecule has 0 atom stereocenters. The summed E-state index contributed by atoms with van der Waals surface area (Å²) in [5.41, 5.74) is 2.64. The van der Waals surface area contributed by atoms with Gasteiger partial charge in [-0.25, -0.2) is 0 Å². The maximum Gasteiger partial charge on any atom is 0.228 e. The average Bonchev–Trinajstić information content (AvgIpc) is 2.56. The van der Waals surface area contributed by atoms with Crippen LogP contribution in [0.15, 0.2) is 60.7 Å². The van der Waals surface area contributed by atoms with E-state index in [1.807, 2.05) is 25.1 Å². The molecule has 2 nitrogen and oxygen atoms in total. The zero-order chi connectivity index (χ0) is 17.1. The predicted octanol–water partition coefficient (Wildman–Crippen LogP) is 5.27. The quantitative estimate of drug-likeness (QED) is 0.557. The number of ketones is 2. The molecule has 2 aromatic carbocycles. The SMILES string of the molecule is CC(=O)C(=O)c1ccccc1C.CCC/C=C/c1ccccc1. The third kappa shape index (κ3) is 6.88. The first-order valence-electron chi connectivity index (χ1n) is 7.88. The lowest BCUT2D eigenvalue weighted by molar-refractivity contribution is -0.113. The van der Waals surface area contributed by atoms with E-state index in [2.05, 4.69) is 43.3 Å². The van der Waals surface area contributed by atoms with Crippen LogP contribution < -0.4 is 0 Å². The van der Waals surface area contributed by atoms with Crippen molar-refractivity contribution in [2.45, 2.75) is 33.6 Å². The summed E-state index contributed by atoms with van der Waals surface area (Å²) in [4.78, 5) is 22.0. The molecule has 0 bridgehead atoms. The molecule has 0 aliphatic rings. The second kappa shape index (κ2) is 10.3. The van der Waals surface area contributed by atoms with Crippen molar-refractivity contribution >= 4 is 17.6 Å². The minimum atomic E-state index is -0.413. The standard InChI is InChI=1S/C11H14.C10H10O2/c1-2-3-5-8-11-9-6-4-7-10-11;1-7-5-3-4-6-9(7)10(12)8(2)11/h4-10H,2-3H2,1H3;3-6H,1-2H3/b8-5+;. The van der Waals surface area contributed by atoms with Gasteiger partial charge in [0.05, 0.1) is 0 Å². The molecule has 0 unspecified atom stereocenters. The van der Waals surface area contributed by atoms with Crippen LogP contribution in [-0.4, -0.2) is 11.6 Å². The van der Waals surface area contributed by atoms with Crippen molar-refractivity contribution < 1.29 is 9.59 Å². The second-order valence-corrected chi connectivity index (χ2v) is 5.30. The fourth-order valence-corrected chi connectivity index (χ4v) is 1.97. The Bertz CT molecular complexity index is 655. The van der Waals surface area contributed by atoms with Crippen LogP contribution in [0.3, 0.4) is 0 Å². The van der Waals surface area contributed by atoms with Gasteiger partial charge in [-0.15, -0.1) is 0 Å². The summed E-state index contributed by atoms with van der Waals surface area (Å²) in [7, 11) is 0. The summed E-state index contributed by atoms with van der Waals surface area (Å²) in [5.74, 6) is -0.822. The van der Waals surface area contributed by atoms with Crippen molar-refractivity contribution in [3.05, 3.63) is 77.4 Å². The largest absolute Gasteiger partial charge is 0.291 e. The maximum absolute atomic E-state index is 11.2. The molecule has 2 rings (SSSR count). The van der Waals surface area contributed by atoms with E-state index in [-0.39, 0.29) is 0 Å². The minimum Gasteiger partial charge on any atom is -0.291 e. The van der Waals surface area contributed by atoms with Gasteiger partial charge in [0.25, 0.3) is 0 Å². The highest BCUT2D eigenvalue weighted by Gasteiger charge is 2.12. The van der Waals surface area contributed by atoms with Gasteiger partial charge in [-0.05, 0) is 24.5 Å². The van der Waals surface area contributed by atoms with Crippen LogP contribution in [-0.2, 0) is 4.79 Å². The first-order chi connectivity index (χ1) is 11.1. The second-order valence-electron chi connectivity index (χ2n) is 5.30. The molecular formula is C21H24O2. The van der Waals surface area contributed by atoms with Crippen molar-refractivity contribution in [2.75, 3.05) is 0 Å². The Morgan fingerprint density at radius 1 is 0.957 bits per heavy atom. The number of allylic oxidation sites excluding steroid dienone is 1. The van der Waals surface area contributed by atoms with E-state index in [1.165, 1.54) is 25.3 Å². The number of Topliss-reactive ketones (excluding diaryl/α,β-unsaturated/α-hetero) is 2. The van der Waals surface area contributed by atoms with Crippen LogP contribution in [0.4, 0.5) is 0 Å². The molecule has 0 saturated carbocycles. The summed E-state index contributed by atoms with van der Waals surface area (Å²) in [6.45, 7) is 5.29. The third-order valence-corrected chi connectivity index (χ3v) is 3.27. The molecule has 0 N–H and O–H groups in total. The molecule has 0 saturated heterocycles. The van der Waals surface area contributed by atoms with Gasteiger partial charge < -0.3 is 0 Å². The Balaban J connectivity index is 0.000000231. The molecule has 0 heterocycles. The molecule has 0 fully saturated rings. The van der Waals surface area contributed by atoms with Crippen LogP contribution >= 0.6 is 0 Å². The third-order valence-electron chi connectivity index (χ3n) is 3.27. The molecule has 2 heteroatoms. The summed E-state index contributed by atoms with van der Waals surface area (Å²) in [6, 6.07) is 17.5. The van der Waals surface area contributed by atoms with Gasteiger partial charge in [-0.2, -0.15) is 0 Å². The summed E-state index contributed by atoms with van der Waals surface area (Å²) in [5, 5.41) is 0. The number of benzene rings is 2. The van der Waals surface area contributed by atoms with Crippen molar-refractivity contribution in [3.63, 3.8) is 0 Å². The Morgan fingerprint density at radius 2 is 1.57 bits per heavy atom. The number of aryl methyl sites for hydroxylation is 1. The Hall–Kier alpha value is -2.48. The fraction of sp³-hybridized carbons (Fsp3) is 0.238. The molecule has 0 aliphatic carbocycles. The number of hydrogen-bond donors (Lipinski definition) is 0. The van der Waals surface area contributed by atoms with Gasteiger partial charge in [0, 0.05) is 12.5 Å². The smallest absolute Gasteiger partial charge is 0.228 e. The van der Waals surface area contributed by atoms with E-state index in [0.29, 0.717) is 5.56 Å². The zero-order valence-corrected chi connectivity index (χ0v) is 14.1. The normalized spacial score (nSPS) is 10.0. The summed E-state index contributed by atoms with van der Waals surface area (Å²) < 4.78 is 0. The van der Waals surface area contributed by atoms with Crippen molar-refractivity contribution in [2.24, 2.45) is 0 Å². The lowest BCUT2D eigenvalue weighted by atomic mass is 10.0. The molecule has 120 valence electrons. The molecule has 2 aromatic rings. The van der Waals surface area contributed by atoms with Crippen LogP contribution in [0.5, 0.6) is 0 Å². The highest BCUT2D eigenvalue weighted by Crippen LogP contribution is 2.07. The average molecular weight is 308 g/mol. The van der Waals surface area contributed by atoms with Gasteiger partial charge in [0.15, 0.2) is 5.78 Å². The first-order valence-corrected chi connectivity index (χ1v) is 7.88. The van der Waals surface area contributed by atoms with Gasteiger partial charge in [0.1, 0.15) is 0 Å². The number of hydrogen-bond acceptors (Lipinski definition) is 2. The van der Waals surface area contributed by atoms with Crippen LogP contribution in [0.2, 0.25) is 0 Å². The van der Waals surface area contributed by atoms with Crippen LogP contribution in [0, 0.1) is 6.92 Å². The zero-order valence-electron chi connectivity index (χ0n) is 14.1. The van der Waals surface area contributed by atoms with Crippen molar-refractivity contribution in [1.29, 1.82) is 0 Å². The van der Waals surface area contributed by atoms with Crippen molar-refractivity contribution in [3.8, 4) is 0 Å². The first kappa shape index (κ1) is 18.6. The van der Waals surface area contributed by atoms with E-state index in [4.69, 9.17) is 0 Å². The van der Waals surface area contributed by atoms with E-state index in [1.54, 1.807) is 12.1 Å². The molecule has 23 heavy (non-hydrogen) atoms. The summed E-state index contributed by atoms with van der Waals surface area (Å²) in [6.07, 6.45) is 6.79. The van der Waals surface area contributed by atoms with E-state index in [0.717, 1.165) is 5.56 Å². The highest BCUT2D eigenvalue weighted by molar-refractivity contribution is 6.43. The van der Waals surface area contributed by atoms with Crippen molar-refractivity contribution in [1.82, 2.24) is 0 Å². The molecule has 0 aromatic heterocycles.